The Bertz CT molecular complexity index is 1340. The van der Waals surface area contributed by atoms with E-state index in [-0.39, 0.29) is 23.1 Å². The summed E-state index contributed by atoms with van der Waals surface area (Å²) in [4.78, 5) is 27.6. The van der Waals surface area contributed by atoms with Crippen molar-refractivity contribution in [1.29, 1.82) is 5.26 Å². The number of nitriles is 1. The zero-order chi connectivity index (χ0) is 24.8. The zero-order valence-corrected chi connectivity index (χ0v) is 20.7. The number of hydrogen-bond donors (Lipinski definition) is 2. The van der Waals surface area contributed by atoms with Gasteiger partial charge in [-0.15, -0.1) is 0 Å². The van der Waals surface area contributed by atoms with Crippen LogP contribution in [0.15, 0.2) is 71.3 Å². The molecule has 0 unspecified atom stereocenters. The topological polar surface area (TPSA) is 85.2 Å². The number of amides is 2. The first-order chi connectivity index (χ1) is 16.9. The van der Waals surface area contributed by atoms with Crippen molar-refractivity contribution >= 4 is 45.7 Å². The summed E-state index contributed by atoms with van der Waals surface area (Å²) < 4.78 is 0. The van der Waals surface area contributed by atoms with Crippen LogP contribution >= 0.6 is 11.8 Å². The number of aryl methyl sites for hydroxylation is 2. The molecule has 3 aromatic rings. The van der Waals surface area contributed by atoms with E-state index < -0.39 is 0 Å². The molecule has 0 bridgehead atoms. The molecule has 7 heteroatoms. The molecule has 0 spiro atoms. The molecule has 2 N–H and O–H groups in total. The molecule has 1 aliphatic heterocycles. The van der Waals surface area contributed by atoms with E-state index in [0.717, 1.165) is 52.2 Å². The van der Waals surface area contributed by atoms with Gasteiger partial charge in [0.15, 0.2) is 0 Å². The van der Waals surface area contributed by atoms with Crippen LogP contribution in [0.2, 0.25) is 0 Å². The summed E-state index contributed by atoms with van der Waals surface area (Å²) >= 11 is 1.16. The molecule has 0 aliphatic carbocycles. The Balaban J connectivity index is 1.53. The molecule has 4 rings (SSSR count). The number of carbonyl (C=O) groups is 2. The van der Waals surface area contributed by atoms with Crippen LogP contribution in [0.3, 0.4) is 0 Å². The summed E-state index contributed by atoms with van der Waals surface area (Å²) in [5.41, 5.74) is 3.76. The first-order valence-electron chi connectivity index (χ1n) is 11.6. The third kappa shape index (κ3) is 6.03. The van der Waals surface area contributed by atoms with Gasteiger partial charge in [-0.3, -0.25) is 9.59 Å². The van der Waals surface area contributed by atoms with Crippen molar-refractivity contribution < 1.29 is 9.59 Å². The maximum absolute atomic E-state index is 13.1. The summed E-state index contributed by atoms with van der Waals surface area (Å²) in [6.45, 7) is 5.33. The fraction of sp³-hybridized carbons (Fsp3) is 0.250. The van der Waals surface area contributed by atoms with Crippen molar-refractivity contribution in [3.63, 3.8) is 0 Å². The lowest BCUT2D eigenvalue weighted by Gasteiger charge is -2.18. The van der Waals surface area contributed by atoms with E-state index in [1.54, 1.807) is 4.90 Å². The van der Waals surface area contributed by atoms with E-state index in [0.29, 0.717) is 23.8 Å². The first-order valence-corrected chi connectivity index (χ1v) is 12.6. The molecule has 35 heavy (non-hydrogen) atoms. The number of anilines is 2. The van der Waals surface area contributed by atoms with E-state index in [4.69, 9.17) is 0 Å². The monoisotopic (exact) mass is 484 g/mol. The molecule has 1 heterocycles. The summed E-state index contributed by atoms with van der Waals surface area (Å²) in [5, 5.41) is 18.6. The summed E-state index contributed by atoms with van der Waals surface area (Å²) in [6.07, 6.45) is 1.87. The maximum atomic E-state index is 13.1. The Kier molecular flexibility index (Phi) is 7.74. The number of carbonyl (C=O) groups excluding carboxylic acids is 2. The molecule has 3 aromatic carbocycles. The van der Waals surface area contributed by atoms with Crippen molar-refractivity contribution in [2.75, 3.05) is 29.5 Å². The molecule has 178 valence electrons. The Morgan fingerprint density at radius 1 is 0.914 bits per heavy atom. The van der Waals surface area contributed by atoms with Crippen molar-refractivity contribution in [3.8, 4) is 6.07 Å². The van der Waals surface area contributed by atoms with Gasteiger partial charge in [-0.1, -0.05) is 48.2 Å². The quantitative estimate of drug-likeness (QED) is 0.337. The van der Waals surface area contributed by atoms with Gasteiger partial charge in [-0.25, -0.2) is 0 Å². The van der Waals surface area contributed by atoms with E-state index in [9.17, 15) is 14.9 Å². The fourth-order valence-electron chi connectivity index (χ4n) is 4.00. The Hall–Kier alpha value is -3.76. The SMILES string of the molecule is Cc1ccc(N/C(SCC(=O)Nc2ccc3ccccc3c2)=C(/C#N)C(=O)N2CCCC2)cc1C. The zero-order valence-electron chi connectivity index (χ0n) is 19.9. The van der Waals surface area contributed by atoms with Crippen LogP contribution in [0.5, 0.6) is 0 Å². The molecule has 1 saturated heterocycles. The van der Waals surface area contributed by atoms with Gasteiger partial charge in [0, 0.05) is 24.5 Å². The highest BCUT2D eigenvalue weighted by Gasteiger charge is 2.25. The lowest BCUT2D eigenvalue weighted by atomic mass is 10.1. The number of hydrogen-bond acceptors (Lipinski definition) is 5. The lowest BCUT2D eigenvalue weighted by Crippen LogP contribution is -2.30. The molecule has 0 aromatic heterocycles. The highest BCUT2D eigenvalue weighted by molar-refractivity contribution is 8.03. The van der Waals surface area contributed by atoms with Crippen molar-refractivity contribution in [3.05, 3.63) is 82.4 Å². The number of thioether (sulfide) groups is 1. The average Bonchev–Trinajstić information content (AvgIpc) is 3.40. The van der Waals surface area contributed by atoms with Crippen LogP contribution in [0, 0.1) is 25.2 Å². The van der Waals surface area contributed by atoms with Crippen LogP contribution in [-0.4, -0.2) is 35.6 Å². The second-order valence-corrected chi connectivity index (χ2v) is 9.62. The van der Waals surface area contributed by atoms with Gasteiger partial charge in [-0.2, -0.15) is 5.26 Å². The second kappa shape index (κ2) is 11.1. The van der Waals surface area contributed by atoms with Crippen molar-refractivity contribution in [2.45, 2.75) is 26.7 Å². The van der Waals surface area contributed by atoms with Crippen LogP contribution in [0.1, 0.15) is 24.0 Å². The molecule has 1 fully saturated rings. The molecule has 2 amide bonds. The number of nitrogens with zero attached hydrogens (tertiary/aromatic N) is 2. The minimum Gasteiger partial charge on any atom is -0.349 e. The van der Waals surface area contributed by atoms with Gasteiger partial charge in [0.2, 0.25) is 5.91 Å². The van der Waals surface area contributed by atoms with E-state index >= 15 is 0 Å². The third-order valence-electron chi connectivity index (χ3n) is 6.09. The Morgan fingerprint density at radius 2 is 1.60 bits per heavy atom. The molecule has 6 nitrogen and oxygen atoms in total. The number of benzene rings is 3. The van der Waals surface area contributed by atoms with E-state index in [2.05, 4.69) is 16.7 Å². The first kappa shape index (κ1) is 24.4. The van der Waals surface area contributed by atoms with Crippen LogP contribution in [-0.2, 0) is 9.59 Å². The van der Waals surface area contributed by atoms with Crippen molar-refractivity contribution in [2.24, 2.45) is 0 Å². The van der Waals surface area contributed by atoms with Crippen LogP contribution < -0.4 is 10.6 Å². The third-order valence-corrected chi connectivity index (χ3v) is 7.09. The van der Waals surface area contributed by atoms with Gasteiger partial charge in [0.05, 0.1) is 10.8 Å². The van der Waals surface area contributed by atoms with Crippen molar-refractivity contribution in [1.82, 2.24) is 4.90 Å². The summed E-state index contributed by atoms with van der Waals surface area (Å²) in [6, 6.07) is 21.7. The predicted octanol–water partition coefficient (Wildman–Crippen LogP) is 5.60. The molecular weight excluding hydrogens is 456 g/mol. The van der Waals surface area contributed by atoms with E-state index in [1.807, 2.05) is 74.5 Å². The largest absolute Gasteiger partial charge is 0.349 e. The molecule has 0 radical (unpaired) electrons. The predicted molar refractivity (Wildman–Crippen MR) is 143 cm³/mol. The second-order valence-electron chi connectivity index (χ2n) is 8.64. The van der Waals surface area contributed by atoms with Crippen LogP contribution in [0.4, 0.5) is 11.4 Å². The smallest absolute Gasteiger partial charge is 0.267 e. The lowest BCUT2D eigenvalue weighted by molar-refractivity contribution is -0.125. The number of rotatable bonds is 7. The minimum absolute atomic E-state index is 0.0358. The summed E-state index contributed by atoms with van der Waals surface area (Å²) in [5.74, 6) is -0.451. The fourth-order valence-corrected chi connectivity index (χ4v) is 4.81. The highest BCUT2D eigenvalue weighted by Crippen LogP contribution is 2.27. The number of nitrogens with one attached hydrogen (secondary N) is 2. The van der Waals surface area contributed by atoms with Gasteiger partial charge >= 0.3 is 0 Å². The van der Waals surface area contributed by atoms with Crippen LogP contribution in [0.25, 0.3) is 10.8 Å². The normalized spacial score (nSPS) is 13.8. The minimum atomic E-state index is -0.293. The standard InChI is InChI=1S/C28H28N4O2S/c1-19-9-11-23(15-20(19)2)31-27(25(17-29)28(34)32-13-5-6-14-32)35-18-26(33)30-24-12-10-21-7-3-4-8-22(21)16-24/h3-4,7-12,15-16,31H,5-6,13-14,18H2,1-2H3,(H,30,33)/b27-25+. The maximum Gasteiger partial charge on any atom is 0.267 e. The average molecular weight is 485 g/mol. The van der Waals surface area contributed by atoms with E-state index in [1.165, 1.54) is 0 Å². The Labute approximate surface area is 210 Å². The number of likely N-dealkylation sites (tertiary alicyclic amines) is 1. The summed E-state index contributed by atoms with van der Waals surface area (Å²) in [7, 11) is 0. The molecule has 1 aliphatic rings. The van der Waals surface area contributed by atoms with Gasteiger partial charge in [-0.05, 0) is 72.9 Å². The highest BCUT2D eigenvalue weighted by atomic mass is 32.2. The van der Waals surface area contributed by atoms with Gasteiger partial charge in [0.25, 0.3) is 5.91 Å². The Morgan fingerprint density at radius 3 is 2.31 bits per heavy atom. The molecule has 0 atom stereocenters. The number of fused-ring (bicyclic) bond motifs is 1. The van der Waals surface area contributed by atoms with Gasteiger partial charge in [0.1, 0.15) is 11.6 Å². The molecule has 0 saturated carbocycles. The molecular formula is C28H28N4O2S. The van der Waals surface area contributed by atoms with Gasteiger partial charge < -0.3 is 15.5 Å².